The van der Waals surface area contributed by atoms with Crippen molar-refractivity contribution in [2.24, 2.45) is 0 Å². The number of aromatic nitrogens is 1. The van der Waals surface area contributed by atoms with Gasteiger partial charge in [-0.2, -0.15) is 4.57 Å². The summed E-state index contributed by atoms with van der Waals surface area (Å²) < 4.78 is 1.65. The fourth-order valence-corrected chi connectivity index (χ4v) is 2.21. The summed E-state index contributed by atoms with van der Waals surface area (Å²) in [6, 6.07) is 9.77. The Hall–Kier alpha value is -2.84. The SMILES string of the molecule is O=C(C[n+]1ccccc1)N[C@H](CO)[C@@H](O)c1ccc([N+](=O)[O-])cc1. The fourth-order valence-electron chi connectivity index (χ4n) is 2.21. The Morgan fingerprint density at radius 1 is 1.21 bits per heavy atom. The predicted molar refractivity (Wildman–Crippen MR) is 83.7 cm³/mol. The summed E-state index contributed by atoms with van der Waals surface area (Å²) in [4.78, 5) is 22.1. The van der Waals surface area contributed by atoms with Crippen LogP contribution in [0.4, 0.5) is 5.69 Å². The molecule has 2 rings (SSSR count). The Balaban J connectivity index is 2.01. The van der Waals surface area contributed by atoms with Crippen LogP contribution in [-0.4, -0.2) is 33.7 Å². The molecule has 1 amide bonds. The van der Waals surface area contributed by atoms with E-state index in [9.17, 15) is 25.1 Å². The largest absolute Gasteiger partial charge is 0.394 e. The summed E-state index contributed by atoms with van der Waals surface area (Å²) in [6.45, 7) is -0.423. The van der Waals surface area contributed by atoms with E-state index >= 15 is 0 Å². The number of carbonyl (C=O) groups is 1. The molecule has 0 spiro atoms. The van der Waals surface area contributed by atoms with Crippen LogP contribution in [0.25, 0.3) is 0 Å². The molecule has 0 saturated carbocycles. The maximum Gasteiger partial charge on any atom is 0.286 e. The summed E-state index contributed by atoms with van der Waals surface area (Å²) in [5, 5.41) is 32.9. The van der Waals surface area contributed by atoms with Gasteiger partial charge in [-0.3, -0.25) is 14.9 Å². The number of aliphatic hydroxyl groups excluding tert-OH is 2. The van der Waals surface area contributed by atoms with Gasteiger partial charge in [0, 0.05) is 24.3 Å². The van der Waals surface area contributed by atoms with Crippen LogP contribution in [0, 0.1) is 10.1 Å². The van der Waals surface area contributed by atoms with E-state index in [1.54, 1.807) is 29.1 Å². The summed E-state index contributed by atoms with van der Waals surface area (Å²) >= 11 is 0. The molecule has 0 aliphatic rings. The molecule has 8 heteroatoms. The number of aliphatic hydroxyl groups is 2. The molecule has 1 heterocycles. The highest BCUT2D eigenvalue weighted by Gasteiger charge is 2.24. The molecule has 0 aliphatic carbocycles. The Morgan fingerprint density at radius 3 is 2.38 bits per heavy atom. The maximum absolute atomic E-state index is 12.0. The molecule has 2 atom stereocenters. The van der Waals surface area contributed by atoms with Crippen LogP contribution in [0.2, 0.25) is 0 Å². The number of rotatable bonds is 7. The third-order valence-electron chi connectivity index (χ3n) is 3.47. The molecule has 1 aromatic carbocycles. The monoisotopic (exact) mass is 332 g/mol. The van der Waals surface area contributed by atoms with E-state index in [2.05, 4.69) is 5.32 Å². The second kappa shape index (κ2) is 8.14. The maximum atomic E-state index is 12.0. The van der Waals surface area contributed by atoms with Crippen LogP contribution in [0.5, 0.6) is 0 Å². The van der Waals surface area contributed by atoms with E-state index in [0.717, 1.165) is 0 Å². The lowest BCUT2D eigenvalue weighted by atomic mass is 10.0. The molecule has 8 nitrogen and oxygen atoms in total. The summed E-state index contributed by atoms with van der Waals surface area (Å²) in [6.07, 6.45) is 2.26. The third kappa shape index (κ3) is 4.58. The van der Waals surface area contributed by atoms with Gasteiger partial charge in [0.15, 0.2) is 12.4 Å². The van der Waals surface area contributed by atoms with Crippen molar-refractivity contribution in [2.45, 2.75) is 18.7 Å². The molecule has 24 heavy (non-hydrogen) atoms. The molecule has 3 N–H and O–H groups in total. The number of pyridine rings is 1. The molecule has 1 aromatic heterocycles. The first-order chi connectivity index (χ1) is 11.5. The number of nitro benzene ring substituents is 1. The Bertz CT molecular complexity index is 691. The van der Waals surface area contributed by atoms with Crippen molar-refractivity contribution in [2.75, 3.05) is 6.61 Å². The number of benzene rings is 1. The zero-order valence-electron chi connectivity index (χ0n) is 12.8. The lowest BCUT2D eigenvalue weighted by Gasteiger charge is -2.22. The molecule has 126 valence electrons. The Labute approximate surface area is 138 Å². The van der Waals surface area contributed by atoms with Crippen molar-refractivity contribution in [3.8, 4) is 0 Å². The van der Waals surface area contributed by atoms with Gasteiger partial charge in [-0.05, 0) is 17.7 Å². The average molecular weight is 332 g/mol. The minimum absolute atomic E-state index is 0.0460. The van der Waals surface area contributed by atoms with Gasteiger partial charge in [0.2, 0.25) is 6.54 Å². The van der Waals surface area contributed by atoms with E-state index in [0.29, 0.717) is 5.56 Å². The van der Waals surface area contributed by atoms with Gasteiger partial charge >= 0.3 is 0 Å². The van der Waals surface area contributed by atoms with Crippen LogP contribution in [0.3, 0.4) is 0 Å². The number of hydrogen-bond donors (Lipinski definition) is 3. The van der Waals surface area contributed by atoms with Gasteiger partial charge in [0.25, 0.3) is 11.6 Å². The molecule has 0 bridgehead atoms. The molecule has 2 aromatic rings. The lowest BCUT2D eigenvalue weighted by molar-refractivity contribution is -0.684. The van der Waals surface area contributed by atoms with Gasteiger partial charge in [-0.15, -0.1) is 0 Å². The first-order valence-corrected chi connectivity index (χ1v) is 7.28. The first-order valence-electron chi connectivity index (χ1n) is 7.28. The number of nitrogens with zero attached hydrogens (tertiary/aromatic N) is 2. The van der Waals surface area contributed by atoms with E-state index in [4.69, 9.17) is 0 Å². The minimum atomic E-state index is -1.18. The topological polar surface area (TPSA) is 117 Å². The van der Waals surface area contributed by atoms with Crippen LogP contribution in [-0.2, 0) is 11.3 Å². The standard InChI is InChI=1S/C16H17N3O5/c20-11-14(17-15(21)10-18-8-2-1-3-9-18)16(22)12-4-6-13(7-5-12)19(23)24/h1-9,14,16,20,22H,10-11H2/p+1/t14-,16+/m1/s1. The van der Waals surface area contributed by atoms with E-state index in [1.165, 1.54) is 24.3 Å². The number of hydrogen-bond acceptors (Lipinski definition) is 5. The number of amides is 1. The van der Waals surface area contributed by atoms with Crippen molar-refractivity contribution in [1.29, 1.82) is 0 Å². The summed E-state index contributed by atoms with van der Waals surface area (Å²) in [7, 11) is 0. The third-order valence-corrected chi connectivity index (χ3v) is 3.47. The average Bonchev–Trinajstić information content (AvgIpc) is 2.60. The zero-order chi connectivity index (χ0) is 17.5. The zero-order valence-corrected chi connectivity index (χ0v) is 12.8. The van der Waals surface area contributed by atoms with Crippen LogP contribution in [0.15, 0.2) is 54.9 Å². The van der Waals surface area contributed by atoms with Crippen molar-refractivity contribution in [3.63, 3.8) is 0 Å². The van der Waals surface area contributed by atoms with Crippen LogP contribution >= 0.6 is 0 Å². The van der Waals surface area contributed by atoms with Crippen LogP contribution in [0.1, 0.15) is 11.7 Å². The van der Waals surface area contributed by atoms with E-state index in [-0.39, 0.29) is 18.1 Å². The molecule has 0 fully saturated rings. The molecule has 0 radical (unpaired) electrons. The smallest absolute Gasteiger partial charge is 0.286 e. The van der Waals surface area contributed by atoms with Crippen molar-refractivity contribution in [1.82, 2.24) is 5.32 Å². The van der Waals surface area contributed by atoms with E-state index < -0.39 is 23.7 Å². The predicted octanol–water partition coefficient (Wildman–Crippen LogP) is 0.0930. The fraction of sp³-hybridized carbons (Fsp3) is 0.250. The van der Waals surface area contributed by atoms with Crippen molar-refractivity contribution < 1.29 is 24.5 Å². The van der Waals surface area contributed by atoms with E-state index in [1.807, 2.05) is 6.07 Å². The lowest BCUT2D eigenvalue weighted by Crippen LogP contribution is -2.48. The highest BCUT2D eigenvalue weighted by atomic mass is 16.6. The van der Waals surface area contributed by atoms with Crippen LogP contribution < -0.4 is 9.88 Å². The molecular formula is C16H18N3O5+. The number of non-ortho nitro benzene ring substituents is 1. The van der Waals surface area contributed by atoms with Crippen molar-refractivity contribution in [3.05, 3.63) is 70.5 Å². The second-order valence-electron chi connectivity index (χ2n) is 5.20. The van der Waals surface area contributed by atoms with Gasteiger partial charge in [-0.25, -0.2) is 0 Å². The molecule has 0 aliphatic heterocycles. The molecular weight excluding hydrogens is 314 g/mol. The Kier molecular flexibility index (Phi) is 5.94. The number of carbonyl (C=O) groups excluding carboxylic acids is 1. The summed E-state index contributed by atoms with van der Waals surface area (Å²) in [5.41, 5.74) is 0.267. The van der Waals surface area contributed by atoms with Gasteiger partial charge < -0.3 is 15.5 Å². The minimum Gasteiger partial charge on any atom is -0.394 e. The number of nitrogens with one attached hydrogen (secondary N) is 1. The highest BCUT2D eigenvalue weighted by molar-refractivity contribution is 5.74. The van der Waals surface area contributed by atoms with Gasteiger partial charge in [-0.1, -0.05) is 6.07 Å². The highest BCUT2D eigenvalue weighted by Crippen LogP contribution is 2.20. The first kappa shape index (κ1) is 17.5. The quantitative estimate of drug-likeness (QED) is 0.377. The molecule has 0 unspecified atom stereocenters. The normalized spacial score (nSPS) is 13.1. The summed E-state index contributed by atoms with van der Waals surface area (Å²) in [5.74, 6) is -0.369. The van der Waals surface area contributed by atoms with Gasteiger partial charge in [0.05, 0.1) is 17.6 Å². The second-order valence-corrected chi connectivity index (χ2v) is 5.20. The Morgan fingerprint density at radius 2 is 1.83 bits per heavy atom. The van der Waals surface area contributed by atoms with Crippen molar-refractivity contribution >= 4 is 11.6 Å². The van der Waals surface area contributed by atoms with Gasteiger partial charge in [0.1, 0.15) is 6.10 Å². The molecule has 0 saturated heterocycles. The number of nitro groups is 1.